The zero-order chi connectivity index (χ0) is 18.4. The monoisotopic (exact) mass is 357 g/mol. The summed E-state index contributed by atoms with van der Waals surface area (Å²) in [5.74, 6) is 1.04. The third kappa shape index (κ3) is 4.98. The van der Waals surface area contributed by atoms with E-state index in [-0.39, 0.29) is 0 Å². The summed E-state index contributed by atoms with van der Waals surface area (Å²) in [4.78, 5) is 4.87. The number of nitrogens with zero attached hydrogens (tertiary/aromatic N) is 4. The summed E-state index contributed by atoms with van der Waals surface area (Å²) in [6.45, 7) is 7.97. The molecule has 26 heavy (non-hydrogen) atoms. The highest BCUT2D eigenvalue weighted by molar-refractivity contribution is 5.90. The Hall–Kier alpha value is -1.59. The van der Waals surface area contributed by atoms with E-state index in [9.17, 15) is 0 Å². The molecule has 5 nitrogen and oxygen atoms in total. The van der Waals surface area contributed by atoms with Crippen LogP contribution in [0.5, 0.6) is 0 Å². The van der Waals surface area contributed by atoms with E-state index < -0.39 is 0 Å². The molecule has 3 rings (SSSR count). The molecule has 2 heterocycles. The van der Waals surface area contributed by atoms with Crippen LogP contribution in [0, 0.1) is 0 Å². The fraction of sp³-hybridized carbons (Fsp3) is 0.667. The van der Waals surface area contributed by atoms with Gasteiger partial charge in [0.2, 0.25) is 0 Å². The predicted octanol–water partition coefficient (Wildman–Crippen LogP) is 3.66. The van der Waals surface area contributed by atoms with Gasteiger partial charge in [0.1, 0.15) is 0 Å². The van der Waals surface area contributed by atoms with Gasteiger partial charge in [-0.05, 0) is 78.5 Å². The average molecular weight is 358 g/mol. The molecule has 1 saturated heterocycles. The minimum absolute atomic E-state index is 0.555. The second-order valence-electron chi connectivity index (χ2n) is 7.87. The first kappa shape index (κ1) is 19.2. The van der Waals surface area contributed by atoms with Gasteiger partial charge in [0.15, 0.2) is 5.82 Å². The summed E-state index contributed by atoms with van der Waals surface area (Å²) in [5.41, 5.74) is 1.23. The van der Waals surface area contributed by atoms with Crippen molar-refractivity contribution in [2.24, 2.45) is 0 Å². The Morgan fingerprint density at radius 3 is 2.65 bits per heavy atom. The van der Waals surface area contributed by atoms with Gasteiger partial charge in [-0.3, -0.25) is 4.68 Å². The summed E-state index contributed by atoms with van der Waals surface area (Å²) in [6.07, 6.45) is 6.43. The number of hydrogen-bond donors (Lipinski definition) is 1. The predicted molar refractivity (Wildman–Crippen MR) is 111 cm³/mol. The molecule has 0 saturated carbocycles. The number of aryl methyl sites for hydroxylation is 1. The zero-order valence-electron chi connectivity index (χ0n) is 16.7. The van der Waals surface area contributed by atoms with Crippen molar-refractivity contribution < 1.29 is 0 Å². The summed E-state index contributed by atoms with van der Waals surface area (Å²) >= 11 is 0. The molecule has 0 amide bonds. The van der Waals surface area contributed by atoms with Gasteiger partial charge < -0.3 is 15.1 Å². The molecule has 1 aliphatic heterocycles. The smallest absolute Gasteiger partial charge is 0.155 e. The van der Waals surface area contributed by atoms with E-state index in [1.54, 1.807) is 0 Å². The molecule has 0 spiro atoms. The number of likely N-dealkylation sites (tertiary alicyclic amines) is 1. The van der Waals surface area contributed by atoms with Crippen LogP contribution in [0.25, 0.3) is 10.9 Å². The number of nitrogens with one attached hydrogen (secondary N) is 1. The van der Waals surface area contributed by atoms with Gasteiger partial charge in [-0.1, -0.05) is 18.6 Å². The molecular weight excluding hydrogens is 322 g/mol. The number of fused-ring (bicyclic) bond motifs is 1. The Morgan fingerprint density at radius 1 is 1.12 bits per heavy atom. The molecule has 144 valence electrons. The van der Waals surface area contributed by atoms with Crippen LogP contribution < -0.4 is 5.32 Å². The lowest BCUT2D eigenvalue weighted by molar-refractivity contribution is 0.228. The van der Waals surface area contributed by atoms with Gasteiger partial charge >= 0.3 is 0 Å². The van der Waals surface area contributed by atoms with E-state index >= 15 is 0 Å². The molecule has 0 bridgehead atoms. The Balaban J connectivity index is 1.57. The molecule has 2 aromatic rings. The highest BCUT2D eigenvalue weighted by Gasteiger charge is 2.12. The van der Waals surface area contributed by atoms with E-state index in [0.717, 1.165) is 25.3 Å². The molecule has 1 unspecified atom stereocenters. The second-order valence-corrected chi connectivity index (χ2v) is 7.87. The Kier molecular flexibility index (Phi) is 6.92. The molecular formula is C21H35N5. The highest BCUT2D eigenvalue weighted by atomic mass is 15.3. The maximum atomic E-state index is 4.88. The van der Waals surface area contributed by atoms with Crippen molar-refractivity contribution in [3.8, 4) is 0 Å². The lowest BCUT2D eigenvalue weighted by Crippen LogP contribution is -2.31. The number of anilines is 1. The first-order valence-corrected chi connectivity index (χ1v) is 10.2. The van der Waals surface area contributed by atoms with Gasteiger partial charge in [0, 0.05) is 24.5 Å². The topological polar surface area (TPSA) is 36.3 Å². The van der Waals surface area contributed by atoms with Crippen LogP contribution in [-0.4, -0.2) is 65.9 Å². The minimum atomic E-state index is 0.555. The van der Waals surface area contributed by atoms with Crippen LogP contribution in [0.2, 0.25) is 0 Å². The molecule has 1 fully saturated rings. The summed E-state index contributed by atoms with van der Waals surface area (Å²) in [5, 5.41) is 9.71. The summed E-state index contributed by atoms with van der Waals surface area (Å²) in [6, 6.07) is 9.13. The molecule has 1 aromatic carbocycles. The number of rotatable bonds is 9. The third-order valence-electron chi connectivity index (χ3n) is 5.69. The standard InChI is InChI=1S/C21H35N5/c1-18(24(2)3)12-17-26-20-11-6-5-10-19(20)21(23-26)22-13-9-16-25-14-7-4-8-15-25/h5-6,10-11,18H,4,7-9,12-17H2,1-3H3,(H,22,23). The van der Waals surface area contributed by atoms with Crippen LogP contribution >= 0.6 is 0 Å². The molecule has 1 aliphatic rings. The Morgan fingerprint density at radius 2 is 1.88 bits per heavy atom. The van der Waals surface area contributed by atoms with E-state index in [4.69, 9.17) is 5.10 Å². The lowest BCUT2D eigenvalue weighted by Gasteiger charge is -2.26. The van der Waals surface area contributed by atoms with Gasteiger partial charge in [0.25, 0.3) is 0 Å². The zero-order valence-corrected chi connectivity index (χ0v) is 16.7. The van der Waals surface area contributed by atoms with Gasteiger partial charge in [0.05, 0.1) is 5.52 Å². The minimum Gasteiger partial charge on any atom is -0.368 e. The maximum Gasteiger partial charge on any atom is 0.155 e. The number of para-hydroxylation sites is 1. The van der Waals surface area contributed by atoms with E-state index in [2.05, 4.69) is 65.1 Å². The number of hydrogen-bond acceptors (Lipinski definition) is 4. The quantitative estimate of drug-likeness (QED) is 0.695. The Bertz CT molecular complexity index is 672. The average Bonchev–Trinajstić information content (AvgIpc) is 3.02. The van der Waals surface area contributed by atoms with Crippen LogP contribution in [0.15, 0.2) is 24.3 Å². The van der Waals surface area contributed by atoms with Crippen LogP contribution in [0.3, 0.4) is 0 Å². The van der Waals surface area contributed by atoms with Gasteiger partial charge in [-0.2, -0.15) is 5.10 Å². The second kappa shape index (κ2) is 9.38. The van der Waals surface area contributed by atoms with E-state index in [0.29, 0.717) is 6.04 Å². The molecule has 5 heteroatoms. The van der Waals surface area contributed by atoms with Gasteiger partial charge in [-0.15, -0.1) is 0 Å². The number of aromatic nitrogens is 2. The molecule has 1 aromatic heterocycles. The lowest BCUT2D eigenvalue weighted by atomic mass is 10.1. The Labute approximate surface area is 158 Å². The van der Waals surface area contributed by atoms with Crippen LogP contribution in [0.4, 0.5) is 5.82 Å². The molecule has 0 radical (unpaired) electrons. The first-order chi connectivity index (χ1) is 12.6. The third-order valence-corrected chi connectivity index (χ3v) is 5.69. The van der Waals surface area contributed by atoms with Crippen molar-refractivity contribution in [1.29, 1.82) is 0 Å². The number of benzene rings is 1. The van der Waals surface area contributed by atoms with Crippen LogP contribution in [0.1, 0.15) is 39.0 Å². The largest absolute Gasteiger partial charge is 0.368 e. The van der Waals surface area contributed by atoms with Crippen molar-refractivity contribution in [2.75, 3.05) is 45.6 Å². The van der Waals surface area contributed by atoms with Crippen LogP contribution in [-0.2, 0) is 6.54 Å². The fourth-order valence-electron chi connectivity index (χ4n) is 3.69. The highest BCUT2D eigenvalue weighted by Crippen LogP contribution is 2.23. The molecule has 1 atom stereocenters. The fourth-order valence-corrected chi connectivity index (χ4v) is 3.69. The van der Waals surface area contributed by atoms with Crippen molar-refractivity contribution >= 4 is 16.7 Å². The van der Waals surface area contributed by atoms with Crippen molar-refractivity contribution in [2.45, 2.75) is 51.6 Å². The molecule has 0 aliphatic carbocycles. The normalized spacial score (nSPS) is 17.1. The van der Waals surface area contributed by atoms with E-state index in [1.165, 1.54) is 56.2 Å². The van der Waals surface area contributed by atoms with Crippen molar-refractivity contribution in [1.82, 2.24) is 19.6 Å². The summed E-state index contributed by atoms with van der Waals surface area (Å²) < 4.78 is 2.17. The van der Waals surface area contributed by atoms with Crippen molar-refractivity contribution in [3.63, 3.8) is 0 Å². The number of piperidine rings is 1. The van der Waals surface area contributed by atoms with Gasteiger partial charge in [-0.25, -0.2) is 0 Å². The SMILES string of the molecule is CC(CCn1nc(NCCCN2CCCCC2)c2ccccc21)N(C)C. The van der Waals surface area contributed by atoms with E-state index in [1.807, 2.05) is 0 Å². The van der Waals surface area contributed by atoms with Crippen molar-refractivity contribution in [3.05, 3.63) is 24.3 Å². The first-order valence-electron chi connectivity index (χ1n) is 10.2. The molecule has 1 N–H and O–H groups in total. The summed E-state index contributed by atoms with van der Waals surface area (Å²) in [7, 11) is 4.28. The maximum absolute atomic E-state index is 4.88.